The number of phenols is 2. The highest BCUT2D eigenvalue weighted by Crippen LogP contribution is 2.30. The van der Waals surface area contributed by atoms with Crippen LogP contribution in [0.5, 0.6) is 11.5 Å². The summed E-state index contributed by atoms with van der Waals surface area (Å²) in [6.45, 7) is 0.323. The Kier molecular flexibility index (Phi) is 5.68. The standard InChI is InChI=1S/C24H20N2O4S/c1-31-17-6-3-15(4-7-17)16-5-8-18-19(11-16)20(24(30)26-23(18)29)13-25-12-14-2-9-21(27)22(28)10-14/h2-11,13,25,27-28H,12H2,1H3,(H,26,29,30). The summed E-state index contributed by atoms with van der Waals surface area (Å²) >= 11 is 1.66. The van der Waals surface area contributed by atoms with Gasteiger partial charge in [0, 0.05) is 28.8 Å². The van der Waals surface area contributed by atoms with E-state index < -0.39 is 11.8 Å². The van der Waals surface area contributed by atoms with E-state index in [-0.39, 0.29) is 11.5 Å². The van der Waals surface area contributed by atoms with E-state index in [1.54, 1.807) is 30.1 Å². The van der Waals surface area contributed by atoms with E-state index in [1.807, 2.05) is 42.7 Å². The van der Waals surface area contributed by atoms with Crippen molar-refractivity contribution in [1.29, 1.82) is 0 Å². The van der Waals surface area contributed by atoms with Crippen molar-refractivity contribution in [2.45, 2.75) is 11.4 Å². The molecule has 0 saturated heterocycles. The van der Waals surface area contributed by atoms with Crippen LogP contribution in [0.1, 0.15) is 21.5 Å². The second-order valence-corrected chi connectivity index (χ2v) is 7.91. The molecule has 0 spiro atoms. The van der Waals surface area contributed by atoms with Gasteiger partial charge in [-0.25, -0.2) is 0 Å². The number of nitrogens with one attached hydrogen (secondary N) is 2. The first-order chi connectivity index (χ1) is 15.0. The minimum absolute atomic E-state index is 0.195. The quantitative estimate of drug-likeness (QED) is 0.211. The fourth-order valence-corrected chi connectivity index (χ4v) is 3.79. The molecule has 1 aliphatic heterocycles. The van der Waals surface area contributed by atoms with Crippen LogP contribution in [0.3, 0.4) is 0 Å². The molecule has 0 radical (unpaired) electrons. The lowest BCUT2D eigenvalue weighted by Crippen LogP contribution is -2.37. The summed E-state index contributed by atoms with van der Waals surface area (Å²) < 4.78 is 0. The summed E-state index contributed by atoms with van der Waals surface area (Å²) in [5, 5.41) is 24.5. The summed E-state index contributed by atoms with van der Waals surface area (Å²) in [6.07, 6.45) is 3.58. The molecule has 0 bridgehead atoms. The van der Waals surface area contributed by atoms with Crippen LogP contribution in [0.2, 0.25) is 0 Å². The maximum Gasteiger partial charge on any atom is 0.260 e. The maximum absolute atomic E-state index is 12.5. The van der Waals surface area contributed by atoms with Gasteiger partial charge in [-0.2, -0.15) is 0 Å². The Hall–Kier alpha value is -3.71. The van der Waals surface area contributed by atoms with Gasteiger partial charge in [-0.3, -0.25) is 14.9 Å². The fourth-order valence-electron chi connectivity index (χ4n) is 3.38. The second-order valence-electron chi connectivity index (χ2n) is 7.03. The summed E-state index contributed by atoms with van der Waals surface area (Å²) in [6, 6.07) is 18.0. The number of aromatic hydroxyl groups is 2. The van der Waals surface area contributed by atoms with Gasteiger partial charge < -0.3 is 15.5 Å². The number of imide groups is 1. The average molecular weight is 433 g/mol. The summed E-state index contributed by atoms with van der Waals surface area (Å²) in [7, 11) is 0. The number of phenolic OH excluding ortho intramolecular Hbond substituents is 2. The zero-order valence-electron chi connectivity index (χ0n) is 16.7. The number of carbonyl (C=O) groups is 2. The number of rotatable bonds is 5. The molecule has 3 aromatic carbocycles. The fraction of sp³-hybridized carbons (Fsp3) is 0.0833. The number of thioether (sulfide) groups is 1. The van der Waals surface area contributed by atoms with Crippen LogP contribution in [0.15, 0.2) is 71.8 Å². The average Bonchev–Trinajstić information content (AvgIpc) is 2.78. The van der Waals surface area contributed by atoms with Gasteiger partial charge in [-0.05, 0) is 59.3 Å². The van der Waals surface area contributed by atoms with Crippen LogP contribution in [-0.2, 0) is 11.3 Å². The van der Waals surface area contributed by atoms with Crippen LogP contribution in [0.4, 0.5) is 0 Å². The largest absolute Gasteiger partial charge is 0.504 e. The molecule has 31 heavy (non-hydrogen) atoms. The highest BCUT2D eigenvalue weighted by atomic mass is 32.2. The van der Waals surface area contributed by atoms with Crippen molar-refractivity contribution < 1.29 is 19.8 Å². The normalized spacial score (nSPS) is 14.3. The van der Waals surface area contributed by atoms with Crippen molar-refractivity contribution in [3.63, 3.8) is 0 Å². The van der Waals surface area contributed by atoms with E-state index in [1.165, 1.54) is 12.1 Å². The Morgan fingerprint density at radius 2 is 1.61 bits per heavy atom. The van der Waals surface area contributed by atoms with Crippen LogP contribution in [0, 0.1) is 0 Å². The lowest BCUT2D eigenvalue weighted by Gasteiger charge is -2.19. The summed E-state index contributed by atoms with van der Waals surface area (Å²) in [5.41, 5.74) is 3.96. The molecule has 4 N–H and O–H groups in total. The molecule has 1 aliphatic rings. The van der Waals surface area contributed by atoms with Gasteiger partial charge in [-0.1, -0.05) is 24.3 Å². The van der Waals surface area contributed by atoms with Gasteiger partial charge in [0.25, 0.3) is 11.8 Å². The number of hydrogen-bond acceptors (Lipinski definition) is 6. The Bertz CT molecular complexity index is 1200. The first kappa shape index (κ1) is 20.6. The van der Waals surface area contributed by atoms with Gasteiger partial charge in [0.2, 0.25) is 0 Å². The Labute approximate surface area is 183 Å². The number of amides is 2. The molecule has 0 atom stereocenters. The first-order valence-corrected chi connectivity index (χ1v) is 10.8. The molecule has 2 amide bonds. The van der Waals surface area contributed by atoms with Crippen LogP contribution in [-0.4, -0.2) is 28.3 Å². The van der Waals surface area contributed by atoms with Crippen molar-refractivity contribution in [3.05, 3.63) is 83.6 Å². The monoisotopic (exact) mass is 432 g/mol. The minimum Gasteiger partial charge on any atom is -0.504 e. The lowest BCUT2D eigenvalue weighted by atomic mass is 9.91. The SMILES string of the molecule is CSc1ccc(-c2ccc3c(c2)C(=CNCc2ccc(O)c(O)c2)C(=O)NC3=O)cc1. The number of benzene rings is 3. The van der Waals surface area contributed by atoms with Crippen molar-refractivity contribution in [1.82, 2.24) is 10.6 Å². The Morgan fingerprint density at radius 3 is 2.32 bits per heavy atom. The molecular formula is C24H20N2O4S. The molecular weight excluding hydrogens is 412 g/mol. The molecule has 0 unspecified atom stereocenters. The lowest BCUT2D eigenvalue weighted by molar-refractivity contribution is -0.114. The predicted molar refractivity (Wildman–Crippen MR) is 121 cm³/mol. The van der Waals surface area contributed by atoms with E-state index >= 15 is 0 Å². The molecule has 0 aromatic heterocycles. The third-order valence-corrected chi connectivity index (χ3v) is 5.79. The smallest absolute Gasteiger partial charge is 0.260 e. The summed E-state index contributed by atoms with van der Waals surface area (Å²) in [4.78, 5) is 26.0. The van der Waals surface area contributed by atoms with Crippen molar-refractivity contribution in [3.8, 4) is 22.6 Å². The third kappa shape index (κ3) is 4.27. The zero-order valence-corrected chi connectivity index (χ0v) is 17.5. The molecule has 4 rings (SSSR count). The minimum atomic E-state index is -0.478. The first-order valence-electron chi connectivity index (χ1n) is 9.55. The van der Waals surface area contributed by atoms with Crippen molar-refractivity contribution in [2.24, 2.45) is 0 Å². The van der Waals surface area contributed by atoms with Gasteiger partial charge in [0.15, 0.2) is 11.5 Å². The molecule has 7 heteroatoms. The maximum atomic E-state index is 12.5. The van der Waals surface area contributed by atoms with Crippen LogP contribution in [0.25, 0.3) is 16.7 Å². The topological polar surface area (TPSA) is 98.7 Å². The van der Waals surface area contributed by atoms with Crippen molar-refractivity contribution >= 4 is 29.1 Å². The van der Waals surface area contributed by atoms with E-state index in [4.69, 9.17) is 0 Å². The predicted octanol–water partition coefficient (Wildman–Crippen LogP) is 3.89. The Morgan fingerprint density at radius 1 is 0.871 bits per heavy atom. The van der Waals surface area contributed by atoms with Crippen LogP contribution >= 0.6 is 11.8 Å². The van der Waals surface area contributed by atoms with E-state index in [2.05, 4.69) is 10.6 Å². The second kappa shape index (κ2) is 8.57. The molecule has 156 valence electrons. The van der Waals surface area contributed by atoms with Gasteiger partial charge in [-0.15, -0.1) is 11.8 Å². The summed E-state index contributed by atoms with van der Waals surface area (Å²) in [5.74, 6) is -1.31. The molecule has 0 fully saturated rings. The van der Waals surface area contributed by atoms with E-state index in [9.17, 15) is 19.8 Å². The van der Waals surface area contributed by atoms with Gasteiger partial charge in [0.05, 0.1) is 5.57 Å². The molecule has 0 aliphatic carbocycles. The molecule has 3 aromatic rings. The highest BCUT2D eigenvalue weighted by molar-refractivity contribution is 7.98. The Balaban J connectivity index is 1.65. The number of hydrogen-bond donors (Lipinski definition) is 4. The molecule has 1 heterocycles. The van der Waals surface area contributed by atoms with E-state index in [0.29, 0.717) is 23.2 Å². The highest BCUT2D eigenvalue weighted by Gasteiger charge is 2.27. The number of carbonyl (C=O) groups excluding carboxylic acids is 2. The van der Waals surface area contributed by atoms with E-state index in [0.717, 1.165) is 21.6 Å². The third-order valence-electron chi connectivity index (χ3n) is 5.04. The van der Waals surface area contributed by atoms with Gasteiger partial charge in [0.1, 0.15) is 0 Å². The zero-order chi connectivity index (χ0) is 22.0. The van der Waals surface area contributed by atoms with Crippen molar-refractivity contribution in [2.75, 3.05) is 6.26 Å². The van der Waals surface area contributed by atoms with Crippen LogP contribution < -0.4 is 10.6 Å². The van der Waals surface area contributed by atoms with Gasteiger partial charge >= 0.3 is 0 Å². The molecule has 0 saturated carbocycles. The number of fused-ring (bicyclic) bond motifs is 1. The molecule has 6 nitrogen and oxygen atoms in total.